The van der Waals surface area contributed by atoms with Crippen LogP contribution in [0.1, 0.15) is 30.6 Å². The number of sulfone groups is 1. The lowest BCUT2D eigenvalue weighted by Crippen LogP contribution is -2.33. The van der Waals surface area contributed by atoms with Gasteiger partial charge in [-0.3, -0.25) is 19.7 Å². The third-order valence-corrected chi connectivity index (χ3v) is 5.03. The molecule has 1 aliphatic rings. The summed E-state index contributed by atoms with van der Waals surface area (Å²) in [7, 11) is -3.12. The van der Waals surface area contributed by atoms with Crippen molar-refractivity contribution in [1.29, 1.82) is 0 Å². The fourth-order valence-electron chi connectivity index (χ4n) is 2.17. The summed E-state index contributed by atoms with van der Waals surface area (Å²) in [5.74, 6) is 0. The standard InChI is InChI=1S/C13H15F4N3O5S/c1-12(2)5-6(19-25-12)26(22,23)9(14)7-8(13(15,16)17)18-11(24-4)20(3)10(7)21/h5,9,19H,1-4H3. The summed E-state index contributed by atoms with van der Waals surface area (Å²) in [5, 5.41) is -0.791. The quantitative estimate of drug-likeness (QED) is 0.760. The van der Waals surface area contributed by atoms with Gasteiger partial charge >= 0.3 is 6.18 Å². The molecule has 1 aliphatic heterocycles. The molecule has 0 saturated heterocycles. The maximum absolute atomic E-state index is 14.8. The Morgan fingerprint density at radius 2 is 1.96 bits per heavy atom. The first-order chi connectivity index (χ1) is 11.7. The van der Waals surface area contributed by atoms with Crippen molar-refractivity contribution in [1.82, 2.24) is 15.0 Å². The fraction of sp³-hybridized carbons (Fsp3) is 0.538. The summed E-state index contributed by atoms with van der Waals surface area (Å²) in [6.45, 7) is 2.87. The van der Waals surface area contributed by atoms with Crippen molar-refractivity contribution < 1.29 is 35.6 Å². The van der Waals surface area contributed by atoms with Crippen molar-refractivity contribution >= 4 is 9.84 Å². The molecule has 0 bridgehead atoms. The molecule has 1 unspecified atom stereocenters. The number of hydroxylamine groups is 1. The topological polar surface area (TPSA) is 99.5 Å². The van der Waals surface area contributed by atoms with Crippen LogP contribution in [0.4, 0.5) is 17.6 Å². The molecule has 1 aromatic heterocycles. The van der Waals surface area contributed by atoms with Crippen LogP contribution in [-0.4, -0.2) is 30.7 Å². The molecule has 0 amide bonds. The second-order valence-corrected chi connectivity index (χ2v) is 7.84. The van der Waals surface area contributed by atoms with Gasteiger partial charge in [-0.15, -0.1) is 0 Å². The third kappa shape index (κ3) is 3.40. The van der Waals surface area contributed by atoms with Gasteiger partial charge in [0.15, 0.2) is 10.7 Å². The van der Waals surface area contributed by atoms with E-state index in [-0.39, 0.29) is 0 Å². The molecular formula is C13H15F4N3O5S. The molecule has 0 radical (unpaired) electrons. The smallest absolute Gasteiger partial charge is 0.434 e. The number of methoxy groups -OCH3 is 1. The Morgan fingerprint density at radius 3 is 2.38 bits per heavy atom. The van der Waals surface area contributed by atoms with E-state index in [1.54, 1.807) is 0 Å². The molecule has 13 heteroatoms. The highest BCUT2D eigenvalue weighted by Gasteiger charge is 2.46. The molecule has 0 aliphatic carbocycles. The van der Waals surface area contributed by atoms with E-state index in [0.29, 0.717) is 4.57 Å². The number of aromatic nitrogens is 2. The second-order valence-electron chi connectivity index (χ2n) is 5.90. The van der Waals surface area contributed by atoms with E-state index in [9.17, 15) is 30.8 Å². The Labute approximate surface area is 145 Å². The van der Waals surface area contributed by atoms with Crippen molar-refractivity contribution in [2.45, 2.75) is 31.1 Å². The Morgan fingerprint density at radius 1 is 1.38 bits per heavy atom. The number of alkyl halides is 4. The minimum absolute atomic E-state index is 0.476. The molecule has 2 heterocycles. The highest BCUT2D eigenvalue weighted by molar-refractivity contribution is 7.95. The predicted molar refractivity (Wildman–Crippen MR) is 80.2 cm³/mol. The maximum atomic E-state index is 14.8. The van der Waals surface area contributed by atoms with Gasteiger partial charge < -0.3 is 4.74 Å². The summed E-state index contributed by atoms with van der Waals surface area (Å²) in [4.78, 5) is 20.2. The van der Waals surface area contributed by atoms with Gasteiger partial charge in [0.05, 0.1) is 12.7 Å². The van der Waals surface area contributed by atoms with Crippen LogP contribution in [0.25, 0.3) is 0 Å². The zero-order valence-electron chi connectivity index (χ0n) is 14.0. The van der Waals surface area contributed by atoms with Crippen molar-refractivity contribution in [3.05, 3.63) is 32.7 Å². The molecule has 1 atom stereocenters. The summed E-state index contributed by atoms with van der Waals surface area (Å²) in [5.41, 5.74) is -7.70. The lowest BCUT2D eigenvalue weighted by Gasteiger charge is -2.17. The summed E-state index contributed by atoms with van der Waals surface area (Å²) >= 11 is 0. The number of nitrogens with zero attached hydrogens (tertiary/aromatic N) is 2. The molecule has 0 aromatic carbocycles. The van der Waals surface area contributed by atoms with Crippen LogP contribution in [0.5, 0.6) is 6.01 Å². The zero-order valence-corrected chi connectivity index (χ0v) is 14.8. The molecule has 1 N–H and O–H groups in total. The number of rotatable bonds is 4. The van der Waals surface area contributed by atoms with E-state index in [2.05, 4.69) is 9.72 Å². The lowest BCUT2D eigenvalue weighted by molar-refractivity contribution is -0.142. The molecule has 146 valence electrons. The van der Waals surface area contributed by atoms with Crippen molar-refractivity contribution in [3.8, 4) is 6.01 Å². The van der Waals surface area contributed by atoms with Gasteiger partial charge in [-0.25, -0.2) is 12.8 Å². The number of hydrogen-bond acceptors (Lipinski definition) is 7. The second kappa shape index (κ2) is 6.23. The van der Waals surface area contributed by atoms with Gasteiger partial charge in [0.25, 0.3) is 11.6 Å². The molecule has 1 aromatic rings. The van der Waals surface area contributed by atoms with Gasteiger partial charge in [-0.1, -0.05) is 0 Å². The number of ether oxygens (including phenoxy) is 1. The van der Waals surface area contributed by atoms with Crippen molar-refractivity contribution in [3.63, 3.8) is 0 Å². The van der Waals surface area contributed by atoms with E-state index in [1.807, 2.05) is 5.48 Å². The van der Waals surface area contributed by atoms with Crippen LogP contribution in [0.3, 0.4) is 0 Å². The van der Waals surface area contributed by atoms with E-state index in [1.165, 1.54) is 13.8 Å². The van der Waals surface area contributed by atoms with E-state index in [4.69, 9.17) is 4.84 Å². The molecule has 2 rings (SSSR count). The first kappa shape index (κ1) is 20.2. The van der Waals surface area contributed by atoms with Crippen LogP contribution in [0.2, 0.25) is 0 Å². The van der Waals surface area contributed by atoms with Crippen LogP contribution >= 0.6 is 0 Å². The maximum Gasteiger partial charge on any atom is 0.434 e. The normalized spacial score (nSPS) is 18.2. The zero-order chi connectivity index (χ0) is 20.1. The first-order valence-corrected chi connectivity index (χ1v) is 8.54. The number of hydrogen-bond donors (Lipinski definition) is 1. The molecule has 0 spiro atoms. The number of halogens is 4. The molecule has 8 nitrogen and oxygen atoms in total. The van der Waals surface area contributed by atoms with Crippen LogP contribution in [-0.2, 0) is 27.9 Å². The number of nitrogens with one attached hydrogen (secondary N) is 1. The molecular weight excluding hydrogens is 386 g/mol. The fourth-order valence-corrected chi connectivity index (χ4v) is 3.52. The average molecular weight is 401 g/mol. The molecule has 0 saturated carbocycles. The lowest BCUT2D eigenvalue weighted by atomic mass is 10.1. The van der Waals surface area contributed by atoms with E-state index < -0.39 is 55.0 Å². The third-order valence-electron chi connectivity index (χ3n) is 3.43. The van der Waals surface area contributed by atoms with Crippen molar-refractivity contribution in [2.75, 3.05) is 7.11 Å². The van der Waals surface area contributed by atoms with Crippen LogP contribution in [0.15, 0.2) is 15.9 Å². The first-order valence-electron chi connectivity index (χ1n) is 6.99. The Kier molecular flexibility index (Phi) is 4.83. The van der Waals surface area contributed by atoms with Gasteiger partial charge in [0.2, 0.25) is 15.3 Å². The highest BCUT2D eigenvalue weighted by atomic mass is 32.2. The minimum atomic E-state index is -5.29. The van der Waals surface area contributed by atoms with Gasteiger partial charge in [-0.2, -0.15) is 18.2 Å². The summed E-state index contributed by atoms with van der Waals surface area (Å²) in [6.07, 6.45) is -4.31. The van der Waals surface area contributed by atoms with Gasteiger partial charge in [0.1, 0.15) is 5.60 Å². The van der Waals surface area contributed by atoms with Gasteiger partial charge in [-0.05, 0) is 19.9 Å². The Hall–Kier alpha value is -2.15. The van der Waals surface area contributed by atoms with E-state index >= 15 is 0 Å². The predicted octanol–water partition coefficient (Wildman–Crippen LogP) is 1.35. The highest BCUT2D eigenvalue weighted by Crippen LogP contribution is 2.38. The molecule has 26 heavy (non-hydrogen) atoms. The molecule has 0 fully saturated rings. The minimum Gasteiger partial charge on any atom is -0.468 e. The van der Waals surface area contributed by atoms with Crippen LogP contribution in [0, 0.1) is 0 Å². The van der Waals surface area contributed by atoms with Crippen molar-refractivity contribution in [2.24, 2.45) is 7.05 Å². The SMILES string of the molecule is COc1nc(C(F)(F)F)c(C(F)S(=O)(=O)C2=CC(C)(C)ON2)c(=O)n1C. The Balaban J connectivity index is 2.72. The van der Waals surface area contributed by atoms with E-state index in [0.717, 1.165) is 20.2 Å². The van der Waals surface area contributed by atoms with Crippen LogP contribution < -0.4 is 15.8 Å². The summed E-state index contributed by atoms with van der Waals surface area (Å²) in [6, 6.07) is -0.752. The summed E-state index contributed by atoms with van der Waals surface area (Å²) < 4.78 is 84.2. The average Bonchev–Trinajstić information content (AvgIpc) is 2.88. The Bertz CT molecular complexity index is 921. The van der Waals surface area contributed by atoms with Gasteiger partial charge in [0, 0.05) is 7.05 Å². The monoisotopic (exact) mass is 401 g/mol. The largest absolute Gasteiger partial charge is 0.468 e.